The van der Waals surface area contributed by atoms with Crippen molar-refractivity contribution in [2.45, 2.75) is 33.1 Å². The summed E-state index contributed by atoms with van der Waals surface area (Å²) in [5, 5.41) is 11.8. The predicted molar refractivity (Wildman–Crippen MR) is 76.3 cm³/mol. The second-order valence-electron chi connectivity index (χ2n) is 4.47. The van der Waals surface area contributed by atoms with Crippen LogP contribution in [0.3, 0.4) is 0 Å². The predicted octanol–water partition coefficient (Wildman–Crippen LogP) is 3.27. The number of unbranched alkanes of at least 4 members (excludes halogenated alkanes) is 1. The van der Waals surface area contributed by atoms with E-state index < -0.39 is 0 Å². The Morgan fingerprint density at radius 2 is 1.89 bits per heavy atom. The Hall–Kier alpha value is -1.55. The van der Waals surface area contributed by atoms with Gasteiger partial charge in [-0.05, 0) is 31.0 Å². The van der Waals surface area contributed by atoms with Crippen LogP contribution in [0.25, 0.3) is 0 Å². The fourth-order valence-corrected chi connectivity index (χ4v) is 1.60. The molecule has 0 aliphatic heterocycles. The number of oxime groups is 1. The molecule has 106 valence electrons. The lowest BCUT2D eigenvalue weighted by Gasteiger charge is -2.07. The molecule has 0 saturated carbocycles. The standard InChI is InChI=1S/C15H23NO3/c1-3-4-9-18-10-11-19-15-7-5-14(6-8-15)12-13(2)16-17/h5-8,17H,3-4,9-12H2,1-2H3/b16-13+. The lowest BCUT2D eigenvalue weighted by molar-refractivity contribution is 0.0980. The van der Waals surface area contributed by atoms with Crippen molar-refractivity contribution in [3.05, 3.63) is 29.8 Å². The Labute approximate surface area is 115 Å². The van der Waals surface area contributed by atoms with Gasteiger partial charge in [0.15, 0.2) is 0 Å². The van der Waals surface area contributed by atoms with Gasteiger partial charge in [-0.2, -0.15) is 0 Å². The molecule has 0 spiro atoms. The summed E-state index contributed by atoms with van der Waals surface area (Å²) < 4.78 is 11.0. The molecule has 0 radical (unpaired) electrons. The molecule has 0 amide bonds. The van der Waals surface area contributed by atoms with Gasteiger partial charge in [0.1, 0.15) is 12.4 Å². The first kappa shape index (κ1) is 15.5. The molecule has 0 aromatic heterocycles. The molecule has 4 nitrogen and oxygen atoms in total. The highest BCUT2D eigenvalue weighted by Crippen LogP contribution is 2.12. The van der Waals surface area contributed by atoms with Crippen molar-refractivity contribution in [1.29, 1.82) is 0 Å². The minimum absolute atomic E-state index is 0.570. The first-order valence-electron chi connectivity index (χ1n) is 6.73. The molecular formula is C15H23NO3. The molecule has 19 heavy (non-hydrogen) atoms. The van der Waals surface area contributed by atoms with Crippen LogP contribution in [0.15, 0.2) is 29.4 Å². The van der Waals surface area contributed by atoms with Crippen molar-refractivity contribution in [2.24, 2.45) is 5.16 Å². The highest BCUT2D eigenvalue weighted by atomic mass is 16.5. The molecule has 0 atom stereocenters. The van der Waals surface area contributed by atoms with Crippen molar-refractivity contribution in [3.8, 4) is 5.75 Å². The van der Waals surface area contributed by atoms with E-state index in [-0.39, 0.29) is 0 Å². The van der Waals surface area contributed by atoms with Crippen molar-refractivity contribution >= 4 is 5.71 Å². The van der Waals surface area contributed by atoms with Crippen LogP contribution >= 0.6 is 0 Å². The Balaban J connectivity index is 2.24. The monoisotopic (exact) mass is 265 g/mol. The highest BCUT2D eigenvalue weighted by molar-refractivity contribution is 5.83. The molecule has 0 bridgehead atoms. The fraction of sp³-hybridized carbons (Fsp3) is 0.533. The molecule has 1 aromatic carbocycles. The molecule has 1 rings (SSSR count). The maximum absolute atomic E-state index is 8.60. The molecule has 1 aromatic rings. The number of hydrogen-bond donors (Lipinski definition) is 1. The summed E-state index contributed by atoms with van der Waals surface area (Å²) in [4.78, 5) is 0. The third kappa shape index (κ3) is 6.82. The largest absolute Gasteiger partial charge is 0.491 e. The second kappa shape index (κ2) is 9.39. The van der Waals surface area contributed by atoms with Gasteiger partial charge < -0.3 is 14.7 Å². The first-order valence-corrected chi connectivity index (χ1v) is 6.73. The zero-order chi connectivity index (χ0) is 13.9. The van der Waals surface area contributed by atoms with Crippen molar-refractivity contribution in [1.82, 2.24) is 0 Å². The van der Waals surface area contributed by atoms with E-state index in [2.05, 4.69) is 12.1 Å². The fourth-order valence-electron chi connectivity index (χ4n) is 1.60. The average Bonchev–Trinajstić information content (AvgIpc) is 2.44. The summed E-state index contributed by atoms with van der Waals surface area (Å²) in [5.41, 5.74) is 1.79. The summed E-state index contributed by atoms with van der Waals surface area (Å²) in [6, 6.07) is 7.79. The molecule has 0 aliphatic rings. The maximum atomic E-state index is 8.60. The van der Waals surface area contributed by atoms with Crippen LogP contribution in [0.2, 0.25) is 0 Å². The summed E-state index contributed by atoms with van der Waals surface area (Å²) in [6.07, 6.45) is 2.90. The number of hydrogen-bond acceptors (Lipinski definition) is 4. The molecule has 0 saturated heterocycles. The highest BCUT2D eigenvalue weighted by Gasteiger charge is 1.98. The zero-order valence-corrected chi connectivity index (χ0v) is 11.8. The summed E-state index contributed by atoms with van der Waals surface area (Å²) in [6.45, 7) is 5.93. The molecule has 0 unspecified atom stereocenters. The molecule has 1 N–H and O–H groups in total. The first-order chi connectivity index (χ1) is 9.26. The van der Waals surface area contributed by atoms with Gasteiger partial charge in [0, 0.05) is 13.0 Å². The lowest BCUT2D eigenvalue weighted by atomic mass is 10.1. The topological polar surface area (TPSA) is 51.0 Å². The molecule has 0 fully saturated rings. The van der Waals surface area contributed by atoms with E-state index in [0.717, 1.165) is 30.8 Å². The summed E-state index contributed by atoms with van der Waals surface area (Å²) in [5.74, 6) is 0.835. The molecule has 0 aliphatic carbocycles. The van der Waals surface area contributed by atoms with Crippen LogP contribution in [0, 0.1) is 0 Å². The number of rotatable bonds is 9. The summed E-state index contributed by atoms with van der Waals surface area (Å²) in [7, 11) is 0. The lowest BCUT2D eigenvalue weighted by Crippen LogP contribution is -2.07. The Morgan fingerprint density at radius 3 is 2.53 bits per heavy atom. The zero-order valence-electron chi connectivity index (χ0n) is 11.8. The second-order valence-corrected chi connectivity index (χ2v) is 4.47. The SMILES string of the molecule is CCCCOCCOc1ccc(C/C(C)=N/O)cc1. The van der Waals surface area contributed by atoms with Crippen LogP contribution in [-0.4, -0.2) is 30.7 Å². The van der Waals surface area contributed by atoms with Gasteiger partial charge in [0.25, 0.3) is 0 Å². The maximum Gasteiger partial charge on any atom is 0.119 e. The number of nitrogens with zero attached hydrogens (tertiary/aromatic N) is 1. The minimum atomic E-state index is 0.570. The van der Waals surface area contributed by atoms with Gasteiger partial charge >= 0.3 is 0 Å². The Kier molecular flexibility index (Phi) is 7.66. The minimum Gasteiger partial charge on any atom is -0.491 e. The average molecular weight is 265 g/mol. The van der Waals surface area contributed by atoms with Crippen LogP contribution in [0.5, 0.6) is 5.75 Å². The molecule has 0 heterocycles. The van der Waals surface area contributed by atoms with Gasteiger partial charge in [-0.3, -0.25) is 0 Å². The van der Waals surface area contributed by atoms with Gasteiger partial charge in [-0.1, -0.05) is 30.6 Å². The number of benzene rings is 1. The third-order valence-corrected chi connectivity index (χ3v) is 2.69. The Bertz CT molecular complexity index is 373. The van der Waals surface area contributed by atoms with Crippen molar-refractivity contribution < 1.29 is 14.7 Å². The smallest absolute Gasteiger partial charge is 0.119 e. The van der Waals surface area contributed by atoms with Crippen molar-refractivity contribution in [2.75, 3.05) is 19.8 Å². The van der Waals surface area contributed by atoms with Crippen LogP contribution in [0.4, 0.5) is 0 Å². The van der Waals surface area contributed by atoms with Crippen LogP contribution in [-0.2, 0) is 11.2 Å². The number of ether oxygens (including phenoxy) is 2. The van der Waals surface area contributed by atoms with E-state index >= 15 is 0 Å². The van der Waals surface area contributed by atoms with E-state index in [1.807, 2.05) is 24.3 Å². The third-order valence-electron chi connectivity index (χ3n) is 2.69. The van der Waals surface area contributed by atoms with E-state index in [4.69, 9.17) is 14.7 Å². The molecular weight excluding hydrogens is 242 g/mol. The normalized spacial score (nSPS) is 11.6. The van der Waals surface area contributed by atoms with Crippen LogP contribution in [0.1, 0.15) is 32.3 Å². The van der Waals surface area contributed by atoms with E-state index in [0.29, 0.717) is 25.3 Å². The van der Waals surface area contributed by atoms with E-state index in [1.54, 1.807) is 6.92 Å². The van der Waals surface area contributed by atoms with E-state index in [1.165, 1.54) is 0 Å². The van der Waals surface area contributed by atoms with Gasteiger partial charge in [-0.25, -0.2) is 0 Å². The quantitative estimate of drug-likeness (QED) is 0.323. The molecule has 4 heteroatoms. The van der Waals surface area contributed by atoms with E-state index in [9.17, 15) is 0 Å². The van der Waals surface area contributed by atoms with Gasteiger partial charge in [0.2, 0.25) is 0 Å². The van der Waals surface area contributed by atoms with Crippen molar-refractivity contribution in [3.63, 3.8) is 0 Å². The summed E-state index contributed by atoms with van der Waals surface area (Å²) >= 11 is 0. The van der Waals surface area contributed by atoms with Gasteiger partial charge in [0.05, 0.1) is 12.3 Å². The van der Waals surface area contributed by atoms with Crippen LogP contribution < -0.4 is 4.74 Å². The van der Waals surface area contributed by atoms with Gasteiger partial charge in [-0.15, -0.1) is 0 Å². The Morgan fingerprint density at radius 1 is 1.16 bits per heavy atom.